The molecule has 0 saturated heterocycles. The molecule has 5 heteroatoms. The van der Waals surface area contributed by atoms with E-state index in [-0.39, 0.29) is 5.91 Å². The van der Waals surface area contributed by atoms with Crippen molar-refractivity contribution in [1.29, 1.82) is 0 Å². The molecule has 4 nitrogen and oxygen atoms in total. The zero-order valence-electron chi connectivity index (χ0n) is 11.0. The van der Waals surface area contributed by atoms with Crippen molar-refractivity contribution in [2.24, 2.45) is 0 Å². The van der Waals surface area contributed by atoms with Crippen molar-refractivity contribution in [3.8, 4) is 11.5 Å². The van der Waals surface area contributed by atoms with Gasteiger partial charge in [0, 0.05) is 11.4 Å². The fourth-order valence-electron chi connectivity index (χ4n) is 1.47. The van der Waals surface area contributed by atoms with E-state index in [9.17, 15) is 4.79 Å². The van der Waals surface area contributed by atoms with Crippen LogP contribution >= 0.6 is 11.6 Å². The first-order chi connectivity index (χ1) is 8.45. The van der Waals surface area contributed by atoms with Crippen LogP contribution in [0.5, 0.6) is 11.5 Å². The Hall–Kier alpha value is -1.42. The number of halogens is 1. The Bertz CT molecular complexity index is 432. The summed E-state index contributed by atoms with van der Waals surface area (Å²) in [6, 6.07) is 5.16. The smallest absolute Gasteiger partial charge is 0.255 e. The second-order valence-electron chi connectivity index (χ2n) is 4.51. The molecule has 0 heterocycles. The van der Waals surface area contributed by atoms with Gasteiger partial charge in [0.15, 0.2) is 11.5 Å². The van der Waals surface area contributed by atoms with Crippen molar-refractivity contribution in [3.05, 3.63) is 23.8 Å². The first kappa shape index (κ1) is 14.6. The lowest BCUT2D eigenvalue weighted by molar-refractivity contribution is 0.0916. The first-order valence-electron chi connectivity index (χ1n) is 5.54. The van der Waals surface area contributed by atoms with E-state index in [1.165, 1.54) is 14.2 Å². The number of amides is 1. The van der Waals surface area contributed by atoms with Crippen LogP contribution in [0.2, 0.25) is 0 Å². The molecule has 1 aromatic carbocycles. The van der Waals surface area contributed by atoms with Gasteiger partial charge in [0.05, 0.1) is 19.8 Å². The molecule has 0 atom stereocenters. The average molecular weight is 272 g/mol. The van der Waals surface area contributed by atoms with Crippen LogP contribution in [0, 0.1) is 0 Å². The topological polar surface area (TPSA) is 47.6 Å². The zero-order chi connectivity index (χ0) is 13.8. The molecule has 1 amide bonds. The third kappa shape index (κ3) is 3.29. The van der Waals surface area contributed by atoms with Gasteiger partial charge in [-0.2, -0.15) is 0 Å². The minimum Gasteiger partial charge on any atom is -0.493 e. The maximum Gasteiger partial charge on any atom is 0.255 e. The van der Waals surface area contributed by atoms with E-state index in [0.29, 0.717) is 22.9 Å². The minimum atomic E-state index is -0.479. The quantitative estimate of drug-likeness (QED) is 0.837. The highest BCUT2D eigenvalue weighted by atomic mass is 35.5. The summed E-state index contributed by atoms with van der Waals surface area (Å²) < 4.78 is 10.4. The fourth-order valence-corrected chi connectivity index (χ4v) is 1.54. The number of para-hydroxylation sites is 1. The lowest BCUT2D eigenvalue weighted by Crippen LogP contribution is -2.45. The number of carbonyl (C=O) groups is 1. The van der Waals surface area contributed by atoms with Crippen LogP contribution in [0.15, 0.2) is 18.2 Å². The predicted octanol–water partition coefficient (Wildman–Crippen LogP) is 2.45. The fraction of sp³-hybridized carbons (Fsp3) is 0.462. The van der Waals surface area contributed by atoms with E-state index in [4.69, 9.17) is 21.1 Å². The molecule has 1 rings (SSSR count). The molecule has 0 aliphatic carbocycles. The van der Waals surface area contributed by atoms with E-state index in [1.807, 2.05) is 13.8 Å². The van der Waals surface area contributed by atoms with Crippen LogP contribution in [0.4, 0.5) is 0 Å². The van der Waals surface area contributed by atoms with Crippen LogP contribution in [-0.2, 0) is 0 Å². The highest BCUT2D eigenvalue weighted by Crippen LogP contribution is 2.30. The Balaban J connectivity index is 3.06. The summed E-state index contributed by atoms with van der Waals surface area (Å²) in [7, 11) is 3.03. The Morgan fingerprint density at radius 3 is 2.50 bits per heavy atom. The van der Waals surface area contributed by atoms with Gasteiger partial charge in [-0.3, -0.25) is 4.79 Å². The number of hydrogen-bond acceptors (Lipinski definition) is 3. The third-order valence-electron chi connectivity index (χ3n) is 2.43. The molecule has 1 N–H and O–H groups in total. The Morgan fingerprint density at radius 2 is 2.00 bits per heavy atom. The predicted molar refractivity (Wildman–Crippen MR) is 71.8 cm³/mol. The van der Waals surface area contributed by atoms with Crippen LogP contribution in [0.1, 0.15) is 24.2 Å². The number of carbonyl (C=O) groups excluding carboxylic acids is 1. The van der Waals surface area contributed by atoms with Crippen LogP contribution < -0.4 is 14.8 Å². The number of nitrogens with one attached hydrogen (secondary N) is 1. The van der Waals surface area contributed by atoms with Gasteiger partial charge in [0.25, 0.3) is 5.91 Å². The van der Waals surface area contributed by atoms with Crippen LogP contribution in [0.25, 0.3) is 0 Å². The maximum absolute atomic E-state index is 12.2. The summed E-state index contributed by atoms with van der Waals surface area (Å²) in [4.78, 5) is 12.2. The molecule has 0 saturated carbocycles. The van der Waals surface area contributed by atoms with Crippen molar-refractivity contribution in [2.45, 2.75) is 19.4 Å². The summed E-state index contributed by atoms with van der Waals surface area (Å²) in [6.07, 6.45) is 0. The molecular weight excluding hydrogens is 254 g/mol. The average Bonchev–Trinajstić information content (AvgIpc) is 2.37. The molecule has 0 bridgehead atoms. The molecule has 18 heavy (non-hydrogen) atoms. The lowest BCUT2D eigenvalue weighted by atomic mass is 10.1. The molecular formula is C13H18ClNO3. The molecule has 0 radical (unpaired) electrons. The third-order valence-corrected chi connectivity index (χ3v) is 3.10. The van der Waals surface area contributed by atoms with E-state index < -0.39 is 5.54 Å². The highest BCUT2D eigenvalue weighted by molar-refractivity contribution is 6.18. The van der Waals surface area contributed by atoms with Crippen molar-refractivity contribution in [1.82, 2.24) is 5.32 Å². The van der Waals surface area contributed by atoms with Gasteiger partial charge >= 0.3 is 0 Å². The molecule has 0 aliphatic rings. The van der Waals surface area contributed by atoms with Crippen molar-refractivity contribution < 1.29 is 14.3 Å². The van der Waals surface area contributed by atoms with Gasteiger partial charge in [-0.1, -0.05) is 6.07 Å². The summed E-state index contributed by atoms with van der Waals surface area (Å²) in [6.45, 7) is 3.70. The summed E-state index contributed by atoms with van der Waals surface area (Å²) >= 11 is 5.79. The van der Waals surface area contributed by atoms with E-state index in [1.54, 1.807) is 18.2 Å². The van der Waals surface area contributed by atoms with E-state index in [2.05, 4.69) is 5.32 Å². The second-order valence-corrected chi connectivity index (χ2v) is 4.78. The number of benzene rings is 1. The highest BCUT2D eigenvalue weighted by Gasteiger charge is 2.23. The van der Waals surface area contributed by atoms with Crippen molar-refractivity contribution in [3.63, 3.8) is 0 Å². The van der Waals surface area contributed by atoms with Gasteiger partial charge < -0.3 is 14.8 Å². The first-order valence-corrected chi connectivity index (χ1v) is 6.08. The normalized spacial score (nSPS) is 10.9. The van der Waals surface area contributed by atoms with E-state index in [0.717, 1.165) is 0 Å². The maximum atomic E-state index is 12.2. The molecule has 0 fully saturated rings. The zero-order valence-corrected chi connectivity index (χ0v) is 11.8. The van der Waals surface area contributed by atoms with Crippen molar-refractivity contribution in [2.75, 3.05) is 20.1 Å². The minimum absolute atomic E-state index is 0.239. The lowest BCUT2D eigenvalue weighted by Gasteiger charge is -2.24. The number of methoxy groups -OCH3 is 2. The number of ether oxygens (including phenoxy) is 2. The van der Waals surface area contributed by atoms with Gasteiger partial charge in [-0.05, 0) is 26.0 Å². The number of hydrogen-bond donors (Lipinski definition) is 1. The summed E-state index contributed by atoms with van der Waals surface area (Å²) in [5, 5.41) is 2.84. The standard InChI is InChI=1S/C13H18ClNO3/c1-13(2,8-14)15-12(16)9-6-5-7-10(17-3)11(9)18-4/h5-7H,8H2,1-4H3,(H,15,16). The number of alkyl halides is 1. The Kier molecular flexibility index (Phi) is 4.84. The van der Waals surface area contributed by atoms with Crippen molar-refractivity contribution >= 4 is 17.5 Å². The monoisotopic (exact) mass is 271 g/mol. The Labute approximate surface area is 112 Å². The molecule has 1 aromatic rings. The molecule has 0 spiro atoms. The van der Waals surface area contributed by atoms with Crippen LogP contribution in [-0.4, -0.2) is 31.5 Å². The molecule has 0 unspecified atom stereocenters. The van der Waals surface area contributed by atoms with Gasteiger partial charge in [-0.15, -0.1) is 11.6 Å². The van der Waals surface area contributed by atoms with Gasteiger partial charge in [0.1, 0.15) is 0 Å². The van der Waals surface area contributed by atoms with Gasteiger partial charge in [0.2, 0.25) is 0 Å². The molecule has 0 aromatic heterocycles. The summed E-state index contributed by atoms with van der Waals surface area (Å²) in [5.41, 5.74) is -0.0535. The largest absolute Gasteiger partial charge is 0.493 e. The Morgan fingerprint density at radius 1 is 1.33 bits per heavy atom. The molecule has 0 aliphatic heterocycles. The molecule has 100 valence electrons. The van der Waals surface area contributed by atoms with E-state index >= 15 is 0 Å². The van der Waals surface area contributed by atoms with Crippen LogP contribution in [0.3, 0.4) is 0 Å². The second kappa shape index (κ2) is 5.96. The SMILES string of the molecule is COc1cccc(C(=O)NC(C)(C)CCl)c1OC. The summed E-state index contributed by atoms with van der Waals surface area (Å²) in [5.74, 6) is 1.03. The number of rotatable bonds is 5. The van der Waals surface area contributed by atoms with Gasteiger partial charge in [-0.25, -0.2) is 0 Å².